The zero-order valence-electron chi connectivity index (χ0n) is 5.80. The molecule has 0 aliphatic carbocycles. The Bertz CT molecular complexity index is 15.8. The van der Waals surface area contributed by atoms with Crippen LogP contribution >= 0.6 is 21.7 Å². The molecule has 0 fully saturated rings. The molecule has 0 spiro atoms. The molecule has 0 N–H and O–H groups in total. The molecule has 0 saturated carbocycles. The monoisotopic (exact) mass is 214 g/mol. The molecule has 0 amide bonds. The van der Waals surface area contributed by atoms with Crippen molar-refractivity contribution in [2.24, 2.45) is 0 Å². The fourth-order valence-electron chi connectivity index (χ4n) is 0. The van der Waals surface area contributed by atoms with Gasteiger partial charge in [0, 0.05) is 21.7 Å². The molecule has 0 radical (unpaired) electrons. The van der Waals surface area contributed by atoms with Crippen LogP contribution in [0.2, 0.25) is 0 Å². The largest absolute Gasteiger partial charge is 2.00 e. The van der Waals surface area contributed by atoms with Crippen molar-refractivity contribution in [1.29, 1.82) is 0 Å². The summed E-state index contributed by atoms with van der Waals surface area (Å²) in [6, 6.07) is 0. The van der Waals surface area contributed by atoms with Crippen LogP contribution in [0, 0.1) is 6.42 Å². The van der Waals surface area contributed by atoms with Crippen LogP contribution in [0.25, 0.3) is 0 Å². The van der Waals surface area contributed by atoms with Gasteiger partial charge in [-0.2, -0.15) is 13.8 Å². The Balaban J connectivity index is -0.00000000357. The van der Waals surface area contributed by atoms with Gasteiger partial charge >= 0.3 is 41.9 Å². The molecule has 0 unspecified atom stereocenters. The summed E-state index contributed by atoms with van der Waals surface area (Å²) in [7, 11) is 8.22. The molecule has 0 atom stereocenters. The summed E-state index contributed by atoms with van der Waals surface area (Å²) in [5, 5.41) is 0. The molecule has 0 aliphatic rings. The van der Waals surface area contributed by atoms with Gasteiger partial charge in [0.2, 0.25) is 0 Å². The second-order valence-electron chi connectivity index (χ2n) is 0.577. The third kappa shape index (κ3) is 120. The van der Waals surface area contributed by atoms with E-state index in [4.69, 9.17) is 0 Å². The maximum atomic E-state index is 4.11. The third-order valence-electron chi connectivity index (χ3n) is 0. The predicted octanol–water partition coefficient (Wildman–Crippen LogP) is -6.76. The maximum Gasteiger partial charge on any atom is 2.00 e. The van der Waals surface area contributed by atoms with Crippen molar-refractivity contribution in [3.8, 4) is 0 Å². The molecule has 0 nitrogen and oxygen atoms in total. The Kier molecular flexibility index (Phi) is 357. The molecule has 0 bridgehead atoms. The van der Waals surface area contributed by atoms with E-state index in [1.807, 2.05) is 20.3 Å². The molecular formula is C3H7Cl4LiMg. The quantitative estimate of drug-likeness (QED) is 0.279. The van der Waals surface area contributed by atoms with Gasteiger partial charge in [-0.25, -0.2) is 0 Å². The number of halogens is 4. The summed E-state index contributed by atoms with van der Waals surface area (Å²) in [4.78, 5) is 0. The van der Waals surface area contributed by atoms with Gasteiger partial charge in [-0.05, 0) is 0 Å². The number of hydrogen-bond acceptors (Lipinski definition) is 0. The van der Waals surface area contributed by atoms with E-state index < -0.39 is 0 Å². The fraction of sp³-hybridized carbons (Fsp3) is 0.667. The molecule has 9 heavy (non-hydrogen) atoms. The first-order valence-corrected chi connectivity index (χ1v) is 2.44. The van der Waals surface area contributed by atoms with Crippen LogP contribution in [0.1, 0.15) is 13.8 Å². The first kappa shape index (κ1) is 41.8. The number of rotatable bonds is 0. The van der Waals surface area contributed by atoms with Crippen molar-refractivity contribution >= 4 is 44.8 Å². The van der Waals surface area contributed by atoms with E-state index in [9.17, 15) is 0 Å². The smallest absolute Gasteiger partial charge is 1.00 e. The summed E-state index contributed by atoms with van der Waals surface area (Å²) in [6.45, 7) is 4.00. The van der Waals surface area contributed by atoms with Gasteiger partial charge in [0.15, 0.2) is 0 Å². The summed E-state index contributed by atoms with van der Waals surface area (Å²) in [5.41, 5.74) is 0. The van der Waals surface area contributed by atoms with Crippen LogP contribution in [-0.2, 0) is 0 Å². The van der Waals surface area contributed by atoms with E-state index in [2.05, 4.69) is 21.7 Å². The van der Waals surface area contributed by atoms with E-state index in [0.717, 1.165) is 0 Å². The molecule has 0 heterocycles. The summed E-state index contributed by atoms with van der Waals surface area (Å²) >= 11 is 0. The van der Waals surface area contributed by atoms with Crippen molar-refractivity contribution in [1.82, 2.24) is 0 Å². The fourth-order valence-corrected chi connectivity index (χ4v) is 0. The van der Waals surface area contributed by atoms with Crippen LogP contribution in [0.15, 0.2) is 0 Å². The van der Waals surface area contributed by atoms with Crippen molar-refractivity contribution < 1.29 is 43.7 Å². The molecule has 50 valence electrons. The van der Waals surface area contributed by atoms with E-state index in [-0.39, 0.29) is 66.7 Å². The van der Waals surface area contributed by atoms with Crippen molar-refractivity contribution in [2.45, 2.75) is 13.8 Å². The molecule has 0 rings (SSSR count). The minimum Gasteiger partial charge on any atom is -1.00 e. The molecule has 0 saturated heterocycles. The Hall–Kier alpha value is 2.52. The summed E-state index contributed by atoms with van der Waals surface area (Å²) < 4.78 is 0. The van der Waals surface area contributed by atoms with Gasteiger partial charge in [-0.15, -0.1) is 0 Å². The summed E-state index contributed by atoms with van der Waals surface area (Å²) in [5.74, 6) is 0. The van der Waals surface area contributed by atoms with Gasteiger partial charge in [0.05, 0.1) is 0 Å². The molecular weight excluding hydrogens is 209 g/mol. The zero-order valence-corrected chi connectivity index (χ0v) is 10.2. The first-order chi connectivity index (χ1) is 2.41. The van der Waals surface area contributed by atoms with Crippen LogP contribution in [0.3, 0.4) is 0 Å². The Morgan fingerprint density at radius 3 is 1.00 bits per heavy atom. The van der Waals surface area contributed by atoms with E-state index in [1.165, 1.54) is 0 Å². The van der Waals surface area contributed by atoms with Crippen LogP contribution < -0.4 is 43.7 Å². The second-order valence-corrected chi connectivity index (χ2v) is 0.577. The Morgan fingerprint density at radius 2 is 1.00 bits per heavy atom. The average molecular weight is 216 g/mol. The normalized spacial score (nSPS) is 2.67. The van der Waals surface area contributed by atoms with E-state index in [0.29, 0.717) is 0 Å². The maximum absolute atomic E-state index is 4.11. The molecule has 0 aromatic rings. The van der Waals surface area contributed by atoms with Crippen LogP contribution in [-0.4, -0.2) is 23.1 Å². The number of hydrogen-bond donors (Lipinski definition) is 0. The van der Waals surface area contributed by atoms with Gasteiger partial charge in [0.1, 0.15) is 0 Å². The second kappa shape index (κ2) is 76.9. The van der Waals surface area contributed by atoms with Crippen molar-refractivity contribution in [3.63, 3.8) is 0 Å². The Morgan fingerprint density at radius 1 is 1.00 bits per heavy atom. The molecule has 6 heteroatoms. The zero-order chi connectivity index (χ0) is 4.71. The molecule has 0 aromatic heterocycles. The van der Waals surface area contributed by atoms with Crippen LogP contribution in [0.5, 0.6) is 0 Å². The minimum absolute atomic E-state index is 0. The van der Waals surface area contributed by atoms with Gasteiger partial charge in [-0.3, -0.25) is 0 Å². The third-order valence-corrected chi connectivity index (χ3v) is 0. The topological polar surface area (TPSA) is 0 Å². The predicted molar refractivity (Wildman–Crippen MR) is 33.1 cm³/mol. The van der Waals surface area contributed by atoms with Crippen LogP contribution in [0.4, 0.5) is 0 Å². The van der Waals surface area contributed by atoms with Gasteiger partial charge < -0.3 is 31.2 Å². The Labute approximate surface area is 108 Å². The van der Waals surface area contributed by atoms with Gasteiger partial charge in [-0.1, -0.05) is 0 Å². The SMILES string of the molecule is C[CH-]C.ClCl.[Cl-].[Cl-].[Li+].[Mg+2]. The van der Waals surface area contributed by atoms with E-state index in [1.54, 1.807) is 0 Å². The average Bonchev–Trinajstić information content (AvgIpc) is 1.46. The molecule has 0 aromatic carbocycles. The first-order valence-electron chi connectivity index (χ1n) is 1.30. The summed E-state index contributed by atoms with van der Waals surface area (Å²) in [6.07, 6.45) is 2.00. The van der Waals surface area contributed by atoms with Crippen molar-refractivity contribution in [2.75, 3.05) is 0 Å². The minimum atomic E-state index is 0. The molecule has 0 aliphatic heterocycles. The van der Waals surface area contributed by atoms with E-state index >= 15 is 0 Å². The van der Waals surface area contributed by atoms with Crippen molar-refractivity contribution in [3.05, 3.63) is 6.42 Å². The standard InChI is InChI=1S/C3H7.Cl2.2ClH.Li.Mg/c1-3-2;1-2;;;;/h3H,1-2H3;;2*1H;;/q-1;;;;+1;+2/p-2. The van der Waals surface area contributed by atoms with Gasteiger partial charge in [0.25, 0.3) is 0 Å².